The van der Waals surface area contributed by atoms with Crippen molar-refractivity contribution < 1.29 is 0 Å². The van der Waals surface area contributed by atoms with Crippen molar-refractivity contribution >= 4 is 22.4 Å². The summed E-state index contributed by atoms with van der Waals surface area (Å²) in [6.07, 6.45) is 3.34. The number of anilines is 2. The molecule has 0 radical (unpaired) electrons. The monoisotopic (exact) mass is 254 g/mol. The average molecular weight is 254 g/mol. The number of fused-ring (bicyclic) bond motifs is 1. The molecule has 6 heteroatoms. The first kappa shape index (κ1) is 11.5. The smallest absolute Gasteiger partial charge is 0.137 e. The quantitative estimate of drug-likeness (QED) is 0.620. The van der Waals surface area contributed by atoms with Gasteiger partial charge in [-0.2, -0.15) is 5.10 Å². The molecule has 6 nitrogen and oxygen atoms in total. The number of rotatable bonds is 3. The Morgan fingerprint density at radius 3 is 3.00 bits per heavy atom. The van der Waals surface area contributed by atoms with E-state index in [1.165, 1.54) is 6.33 Å². The van der Waals surface area contributed by atoms with E-state index in [0.717, 1.165) is 28.0 Å². The van der Waals surface area contributed by atoms with Crippen LogP contribution in [0.5, 0.6) is 0 Å². The fourth-order valence-electron chi connectivity index (χ4n) is 1.95. The van der Waals surface area contributed by atoms with Gasteiger partial charge in [0, 0.05) is 28.9 Å². The molecule has 0 aliphatic heterocycles. The third-order valence-electron chi connectivity index (χ3n) is 3.04. The van der Waals surface area contributed by atoms with Gasteiger partial charge in [0.1, 0.15) is 12.1 Å². The number of aromatic nitrogens is 4. The number of nitrogens with two attached hydrogens (primary N) is 1. The van der Waals surface area contributed by atoms with Crippen LogP contribution in [0.2, 0.25) is 0 Å². The van der Waals surface area contributed by atoms with Crippen LogP contribution in [0, 0.1) is 6.92 Å². The fraction of sp³-hybridized carbons (Fsp3) is 0.154. The summed E-state index contributed by atoms with van der Waals surface area (Å²) in [5, 5.41) is 11.2. The van der Waals surface area contributed by atoms with Gasteiger partial charge >= 0.3 is 0 Å². The summed E-state index contributed by atoms with van der Waals surface area (Å²) in [6, 6.07) is 5.61. The lowest BCUT2D eigenvalue weighted by Gasteiger charge is -2.08. The molecule has 96 valence electrons. The Balaban J connectivity index is 1.91. The number of aromatic amines is 1. The Morgan fingerprint density at radius 2 is 2.21 bits per heavy atom. The first-order valence-electron chi connectivity index (χ1n) is 5.97. The highest BCUT2D eigenvalue weighted by molar-refractivity contribution is 5.90. The maximum atomic E-state index is 5.75. The van der Waals surface area contributed by atoms with E-state index < -0.39 is 0 Å². The van der Waals surface area contributed by atoms with Crippen molar-refractivity contribution in [3.8, 4) is 0 Å². The predicted octanol–water partition coefficient (Wildman–Crippen LogP) is 1.86. The van der Waals surface area contributed by atoms with E-state index in [1.807, 2.05) is 31.3 Å². The number of nitrogens with zero attached hydrogens (tertiary/aromatic N) is 3. The van der Waals surface area contributed by atoms with Gasteiger partial charge in [0.15, 0.2) is 0 Å². The van der Waals surface area contributed by atoms with Crippen molar-refractivity contribution in [2.24, 2.45) is 0 Å². The van der Waals surface area contributed by atoms with Gasteiger partial charge in [0.2, 0.25) is 0 Å². The summed E-state index contributed by atoms with van der Waals surface area (Å²) in [5.41, 5.74) is 9.45. The molecule has 19 heavy (non-hydrogen) atoms. The third-order valence-corrected chi connectivity index (χ3v) is 3.04. The Morgan fingerprint density at radius 1 is 1.32 bits per heavy atom. The standard InChI is InChI=1S/C13H14N6/c1-8-9(6-18-19-8)5-15-13-11-3-2-10(14)4-12(11)16-7-17-13/h2-4,6-7H,5,14H2,1H3,(H,18,19)(H,15,16,17). The first-order valence-corrected chi connectivity index (χ1v) is 5.97. The molecule has 0 bridgehead atoms. The summed E-state index contributed by atoms with van der Waals surface area (Å²) in [5.74, 6) is 0.797. The van der Waals surface area contributed by atoms with Crippen LogP contribution in [0.1, 0.15) is 11.3 Å². The number of hydrogen-bond donors (Lipinski definition) is 3. The highest BCUT2D eigenvalue weighted by Gasteiger charge is 2.05. The van der Waals surface area contributed by atoms with E-state index in [0.29, 0.717) is 12.2 Å². The zero-order valence-corrected chi connectivity index (χ0v) is 10.5. The van der Waals surface area contributed by atoms with Gasteiger partial charge in [0.25, 0.3) is 0 Å². The van der Waals surface area contributed by atoms with Crippen molar-refractivity contribution in [3.05, 3.63) is 42.0 Å². The summed E-state index contributed by atoms with van der Waals surface area (Å²) in [4.78, 5) is 8.49. The molecule has 1 aromatic carbocycles. The van der Waals surface area contributed by atoms with Gasteiger partial charge in [-0.3, -0.25) is 5.10 Å². The normalized spacial score (nSPS) is 10.8. The summed E-state index contributed by atoms with van der Waals surface area (Å²) >= 11 is 0. The molecule has 4 N–H and O–H groups in total. The summed E-state index contributed by atoms with van der Waals surface area (Å²) < 4.78 is 0. The average Bonchev–Trinajstić information content (AvgIpc) is 2.81. The van der Waals surface area contributed by atoms with Crippen LogP contribution < -0.4 is 11.1 Å². The van der Waals surface area contributed by atoms with Gasteiger partial charge in [0.05, 0.1) is 11.7 Å². The summed E-state index contributed by atoms with van der Waals surface area (Å²) in [7, 11) is 0. The van der Waals surface area contributed by atoms with Crippen molar-refractivity contribution in [3.63, 3.8) is 0 Å². The Bertz CT molecular complexity index is 718. The predicted molar refractivity (Wildman–Crippen MR) is 74.6 cm³/mol. The van der Waals surface area contributed by atoms with Gasteiger partial charge in [-0.15, -0.1) is 0 Å². The van der Waals surface area contributed by atoms with Gasteiger partial charge in [-0.05, 0) is 25.1 Å². The highest BCUT2D eigenvalue weighted by atomic mass is 15.1. The lowest BCUT2D eigenvalue weighted by atomic mass is 10.2. The minimum atomic E-state index is 0.665. The number of aryl methyl sites for hydroxylation is 1. The molecule has 0 unspecified atom stereocenters. The molecular weight excluding hydrogens is 240 g/mol. The number of H-pyrrole nitrogens is 1. The molecule has 0 saturated heterocycles. The molecule has 0 spiro atoms. The fourth-order valence-corrected chi connectivity index (χ4v) is 1.95. The Labute approximate surface area is 110 Å². The molecule has 0 amide bonds. The molecule has 3 aromatic rings. The number of nitrogens with one attached hydrogen (secondary N) is 2. The molecule has 2 aromatic heterocycles. The SMILES string of the molecule is Cc1[nH]ncc1CNc1ncnc2cc(N)ccc12. The maximum Gasteiger partial charge on any atom is 0.137 e. The van der Waals surface area contributed by atoms with Crippen LogP contribution in [-0.2, 0) is 6.54 Å². The van der Waals surface area contributed by atoms with E-state index in [4.69, 9.17) is 5.73 Å². The van der Waals surface area contributed by atoms with E-state index in [2.05, 4.69) is 25.5 Å². The van der Waals surface area contributed by atoms with Crippen LogP contribution in [0.3, 0.4) is 0 Å². The Hall–Kier alpha value is -2.63. The number of benzene rings is 1. The van der Waals surface area contributed by atoms with Crippen molar-refractivity contribution in [1.82, 2.24) is 20.2 Å². The number of nitrogen functional groups attached to an aromatic ring is 1. The van der Waals surface area contributed by atoms with E-state index in [9.17, 15) is 0 Å². The second-order valence-electron chi connectivity index (χ2n) is 4.37. The Kier molecular flexibility index (Phi) is 2.75. The zero-order chi connectivity index (χ0) is 13.2. The van der Waals surface area contributed by atoms with E-state index in [-0.39, 0.29) is 0 Å². The molecule has 0 aliphatic carbocycles. The van der Waals surface area contributed by atoms with Gasteiger partial charge in [-0.25, -0.2) is 9.97 Å². The highest BCUT2D eigenvalue weighted by Crippen LogP contribution is 2.21. The lowest BCUT2D eigenvalue weighted by Crippen LogP contribution is -2.03. The molecule has 0 atom stereocenters. The molecular formula is C13H14N6. The lowest BCUT2D eigenvalue weighted by molar-refractivity contribution is 1.04. The van der Waals surface area contributed by atoms with Crippen LogP contribution >= 0.6 is 0 Å². The molecule has 2 heterocycles. The van der Waals surface area contributed by atoms with Crippen LogP contribution in [0.25, 0.3) is 10.9 Å². The minimum absolute atomic E-state index is 0.665. The molecule has 0 fully saturated rings. The summed E-state index contributed by atoms with van der Waals surface area (Å²) in [6.45, 7) is 2.65. The minimum Gasteiger partial charge on any atom is -0.399 e. The first-order chi connectivity index (χ1) is 9.24. The van der Waals surface area contributed by atoms with Crippen LogP contribution in [0.15, 0.2) is 30.7 Å². The van der Waals surface area contributed by atoms with Crippen molar-refractivity contribution in [2.75, 3.05) is 11.1 Å². The molecule has 0 aliphatic rings. The van der Waals surface area contributed by atoms with E-state index >= 15 is 0 Å². The topological polar surface area (TPSA) is 92.5 Å². The third kappa shape index (κ3) is 2.20. The van der Waals surface area contributed by atoms with Gasteiger partial charge in [-0.1, -0.05) is 0 Å². The van der Waals surface area contributed by atoms with Crippen molar-refractivity contribution in [2.45, 2.75) is 13.5 Å². The van der Waals surface area contributed by atoms with Crippen molar-refractivity contribution in [1.29, 1.82) is 0 Å². The van der Waals surface area contributed by atoms with Crippen LogP contribution in [-0.4, -0.2) is 20.2 Å². The van der Waals surface area contributed by atoms with Gasteiger partial charge < -0.3 is 11.1 Å². The maximum absolute atomic E-state index is 5.75. The van der Waals surface area contributed by atoms with E-state index in [1.54, 1.807) is 0 Å². The second-order valence-corrected chi connectivity index (χ2v) is 4.37. The second kappa shape index (κ2) is 4.56. The molecule has 0 saturated carbocycles. The largest absolute Gasteiger partial charge is 0.399 e. The molecule has 3 rings (SSSR count). The number of hydrogen-bond acceptors (Lipinski definition) is 5. The zero-order valence-electron chi connectivity index (χ0n) is 10.5. The van der Waals surface area contributed by atoms with Crippen LogP contribution in [0.4, 0.5) is 11.5 Å².